The number of anilines is 1. The predicted molar refractivity (Wildman–Crippen MR) is 77.6 cm³/mol. The van der Waals surface area contributed by atoms with Crippen LogP contribution in [0.1, 0.15) is 5.82 Å². The number of benzene rings is 1. The minimum Gasteiger partial charge on any atom is -0.494 e. The molecule has 2 N–H and O–H groups in total. The lowest BCUT2D eigenvalue weighted by Crippen LogP contribution is -2.15. The van der Waals surface area contributed by atoms with Crippen molar-refractivity contribution in [3.63, 3.8) is 0 Å². The van der Waals surface area contributed by atoms with Gasteiger partial charge in [0.05, 0.1) is 11.6 Å². The first kappa shape index (κ1) is 15.1. The largest absolute Gasteiger partial charge is 0.494 e. The van der Waals surface area contributed by atoms with Crippen LogP contribution >= 0.6 is 27.5 Å². The van der Waals surface area contributed by atoms with Crippen LogP contribution in [0, 0.1) is 6.92 Å². The second-order valence-electron chi connectivity index (χ2n) is 3.77. The molecule has 0 saturated carbocycles. The highest BCUT2D eigenvalue weighted by Crippen LogP contribution is 2.35. The van der Waals surface area contributed by atoms with Gasteiger partial charge < -0.3 is 4.74 Å². The predicted octanol–water partition coefficient (Wildman–Crippen LogP) is 2.34. The van der Waals surface area contributed by atoms with Crippen LogP contribution in [0.5, 0.6) is 5.75 Å². The first-order valence-corrected chi connectivity index (χ1v) is 7.94. The summed E-state index contributed by atoms with van der Waals surface area (Å²) in [5.41, 5.74) is 0. The maximum Gasteiger partial charge on any atom is 0.268 e. The van der Waals surface area contributed by atoms with Gasteiger partial charge in [-0.25, -0.2) is 13.1 Å². The molecule has 2 aromatic rings. The van der Waals surface area contributed by atoms with E-state index in [-0.39, 0.29) is 21.6 Å². The number of halogens is 2. The Hall–Kier alpha value is -1.32. The van der Waals surface area contributed by atoms with Crippen molar-refractivity contribution in [2.45, 2.75) is 11.8 Å². The fourth-order valence-electron chi connectivity index (χ4n) is 1.50. The number of aromatic amines is 1. The Balaban J connectivity index is 2.49. The van der Waals surface area contributed by atoms with Crippen LogP contribution in [0.25, 0.3) is 0 Å². The molecular formula is C10H10BrClN4O3S. The van der Waals surface area contributed by atoms with Gasteiger partial charge in [0.15, 0.2) is 5.75 Å². The molecule has 20 heavy (non-hydrogen) atoms. The zero-order valence-corrected chi connectivity index (χ0v) is 13.6. The first-order chi connectivity index (χ1) is 9.33. The third-order valence-corrected chi connectivity index (χ3v) is 4.43. The van der Waals surface area contributed by atoms with Crippen LogP contribution in [0.15, 0.2) is 21.5 Å². The molecule has 0 aliphatic carbocycles. The molecule has 108 valence electrons. The third-order valence-electron chi connectivity index (χ3n) is 2.29. The summed E-state index contributed by atoms with van der Waals surface area (Å²) in [6.07, 6.45) is 0. The van der Waals surface area contributed by atoms with Gasteiger partial charge in [-0.15, -0.1) is 5.10 Å². The molecule has 0 aliphatic heterocycles. The number of aryl methyl sites for hydroxylation is 1. The molecule has 0 unspecified atom stereocenters. The van der Waals surface area contributed by atoms with Gasteiger partial charge in [-0.05, 0) is 35.0 Å². The van der Waals surface area contributed by atoms with Crippen molar-refractivity contribution in [3.05, 3.63) is 27.5 Å². The lowest BCUT2D eigenvalue weighted by molar-refractivity contribution is 0.400. The summed E-state index contributed by atoms with van der Waals surface area (Å²) in [7, 11) is -2.56. The Bertz CT molecular complexity index is 747. The van der Waals surface area contributed by atoms with E-state index in [4.69, 9.17) is 16.3 Å². The van der Waals surface area contributed by atoms with E-state index in [1.165, 1.54) is 19.2 Å². The van der Waals surface area contributed by atoms with E-state index in [9.17, 15) is 8.42 Å². The molecule has 1 heterocycles. The molecule has 0 atom stereocenters. The van der Waals surface area contributed by atoms with Crippen molar-refractivity contribution in [1.29, 1.82) is 0 Å². The van der Waals surface area contributed by atoms with E-state index in [1.807, 2.05) is 0 Å². The van der Waals surface area contributed by atoms with Crippen LogP contribution in [0.4, 0.5) is 5.95 Å². The van der Waals surface area contributed by atoms with Crippen molar-refractivity contribution in [2.24, 2.45) is 0 Å². The quantitative estimate of drug-likeness (QED) is 0.847. The van der Waals surface area contributed by atoms with Gasteiger partial charge in [0, 0.05) is 5.02 Å². The van der Waals surface area contributed by atoms with Crippen LogP contribution < -0.4 is 9.46 Å². The summed E-state index contributed by atoms with van der Waals surface area (Å²) in [6, 6.07) is 2.82. The first-order valence-electron chi connectivity index (χ1n) is 5.28. The molecule has 0 fully saturated rings. The summed E-state index contributed by atoms with van der Waals surface area (Å²) in [5, 5.41) is 6.51. The van der Waals surface area contributed by atoms with Crippen LogP contribution in [-0.2, 0) is 10.0 Å². The monoisotopic (exact) mass is 380 g/mol. The lowest BCUT2D eigenvalue weighted by atomic mass is 10.3. The number of nitrogens with zero attached hydrogens (tertiary/aromatic N) is 2. The Morgan fingerprint density at radius 2 is 2.15 bits per heavy atom. The van der Waals surface area contributed by atoms with Crippen LogP contribution in [-0.4, -0.2) is 30.7 Å². The molecule has 2 rings (SSSR count). The molecule has 1 aromatic heterocycles. The number of nitrogens with one attached hydrogen (secondary N) is 2. The number of methoxy groups -OCH3 is 1. The fourth-order valence-corrected chi connectivity index (χ4v) is 3.83. The zero-order valence-electron chi connectivity index (χ0n) is 10.4. The van der Waals surface area contributed by atoms with Crippen LogP contribution in [0.2, 0.25) is 5.02 Å². The van der Waals surface area contributed by atoms with Crippen molar-refractivity contribution in [1.82, 2.24) is 15.2 Å². The maximum atomic E-state index is 12.3. The molecule has 1 aromatic carbocycles. The molecule has 0 amide bonds. The van der Waals surface area contributed by atoms with E-state index in [2.05, 4.69) is 35.8 Å². The van der Waals surface area contributed by atoms with Gasteiger partial charge in [-0.1, -0.05) is 11.6 Å². The highest BCUT2D eigenvalue weighted by atomic mass is 79.9. The maximum absolute atomic E-state index is 12.3. The van der Waals surface area contributed by atoms with Crippen molar-refractivity contribution in [3.8, 4) is 5.75 Å². The summed E-state index contributed by atoms with van der Waals surface area (Å²) >= 11 is 9.08. The van der Waals surface area contributed by atoms with Crippen molar-refractivity contribution >= 4 is 43.5 Å². The number of aromatic nitrogens is 3. The molecule has 0 bridgehead atoms. The lowest BCUT2D eigenvalue weighted by Gasteiger charge is -2.11. The summed E-state index contributed by atoms with van der Waals surface area (Å²) in [6.45, 7) is 1.65. The summed E-state index contributed by atoms with van der Waals surface area (Å²) < 4.78 is 32.4. The average molecular weight is 382 g/mol. The Morgan fingerprint density at radius 3 is 2.70 bits per heavy atom. The van der Waals surface area contributed by atoms with Crippen molar-refractivity contribution < 1.29 is 13.2 Å². The molecule has 7 nitrogen and oxygen atoms in total. The number of H-pyrrole nitrogens is 1. The van der Waals surface area contributed by atoms with Crippen molar-refractivity contribution in [2.75, 3.05) is 11.8 Å². The van der Waals surface area contributed by atoms with E-state index in [1.54, 1.807) is 6.92 Å². The molecule has 0 saturated heterocycles. The van der Waals surface area contributed by atoms with Gasteiger partial charge in [-0.3, -0.25) is 5.10 Å². The topological polar surface area (TPSA) is 97.0 Å². The van der Waals surface area contributed by atoms with Gasteiger partial charge in [0.1, 0.15) is 10.7 Å². The standard InChI is InChI=1S/C10H10BrClN4O3S/c1-5-13-10(15-14-5)16-20(17,18)8-4-6(12)3-7(11)9(8)19-2/h3-4H,1-2H3,(H2,13,14,15,16). The van der Waals surface area contributed by atoms with E-state index < -0.39 is 10.0 Å². The zero-order chi connectivity index (χ0) is 14.9. The molecular weight excluding hydrogens is 372 g/mol. The Morgan fingerprint density at radius 1 is 1.45 bits per heavy atom. The molecule has 0 aliphatic rings. The van der Waals surface area contributed by atoms with Gasteiger partial charge in [-0.2, -0.15) is 4.98 Å². The number of sulfonamides is 1. The normalized spacial score (nSPS) is 11.4. The third kappa shape index (κ3) is 3.05. The van der Waals surface area contributed by atoms with E-state index in [0.717, 1.165) is 0 Å². The fraction of sp³-hybridized carbons (Fsp3) is 0.200. The number of rotatable bonds is 4. The smallest absolute Gasteiger partial charge is 0.268 e. The van der Waals surface area contributed by atoms with E-state index >= 15 is 0 Å². The van der Waals surface area contributed by atoms with Crippen LogP contribution in [0.3, 0.4) is 0 Å². The molecule has 10 heteroatoms. The Labute approximate surface area is 128 Å². The number of hydrogen-bond donors (Lipinski definition) is 2. The molecule has 0 spiro atoms. The molecule has 0 radical (unpaired) electrons. The summed E-state index contributed by atoms with van der Waals surface area (Å²) in [4.78, 5) is 3.77. The number of hydrogen-bond acceptors (Lipinski definition) is 5. The van der Waals surface area contributed by atoms with Gasteiger partial charge in [0.25, 0.3) is 16.0 Å². The van der Waals surface area contributed by atoms with Gasteiger partial charge in [0.2, 0.25) is 0 Å². The number of ether oxygens (including phenoxy) is 1. The second-order valence-corrected chi connectivity index (χ2v) is 6.71. The minimum absolute atomic E-state index is 0.0550. The minimum atomic E-state index is -3.92. The Kier molecular flexibility index (Phi) is 4.21. The SMILES string of the molecule is COc1c(Br)cc(Cl)cc1S(=O)(=O)Nc1n[nH]c(C)n1. The summed E-state index contributed by atoms with van der Waals surface area (Å²) in [5.74, 6) is 0.580. The van der Waals surface area contributed by atoms with Gasteiger partial charge >= 0.3 is 0 Å². The highest BCUT2D eigenvalue weighted by Gasteiger charge is 2.24. The second kappa shape index (κ2) is 5.58. The highest BCUT2D eigenvalue weighted by molar-refractivity contribution is 9.10. The average Bonchev–Trinajstić information content (AvgIpc) is 2.73. The van der Waals surface area contributed by atoms with E-state index in [0.29, 0.717) is 10.3 Å².